The maximum Gasteiger partial charge on any atom is 0.224 e. The van der Waals surface area contributed by atoms with Gasteiger partial charge in [0.05, 0.1) is 0 Å². The summed E-state index contributed by atoms with van der Waals surface area (Å²) in [5.41, 5.74) is 0. The number of thioether (sulfide) groups is 1. The molecule has 0 spiro atoms. The van der Waals surface area contributed by atoms with Gasteiger partial charge in [-0.3, -0.25) is 0 Å². The Balaban J connectivity index is 1.88. The van der Waals surface area contributed by atoms with Gasteiger partial charge in [0, 0.05) is 24.0 Å². The normalized spacial score (nSPS) is 23.0. The maximum absolute atomic E-state index is 4.46. The van der Waals surface area contributed by atoms with Crippen molar-refractivity contribution in [2.45, 2.75) is 44.4 Å². The van der Waals surface area contributed by atoms with E-state index in [1.54, 1.807) is 6.20 Å². The van der Waals surface area contributed by atoms with Crippen LogP contribution in [0, 0.1) is 0 Å². The number of rotatable bonds is 6. The van der Waals surface area contributed by atoms with Crippen molar-refractivity contribution >= 4 is 23.5 Å². The van der Waals surface area contributed by atoms with Gasteiger partial charge in [0.15, 0.2) is 0 Å². The predicted molar refractivity (Wildman–Crippen MR) is 79.4 cm³/mol. The average Bonchev–Trinajstić information content (AvgIpc) is 2.78. The number of nitrogens with one attached hydrogen (secondary N) is 2. The summed E-state index contributed by atoms with van der Waals surface area (Å²) in [5.74, 6) is 2.86. The van der Waals surface area contributed by atoms with Gasteiger partial charge in [-0.2, -0.15) is 16.7 Å². The van der Waals surface area contributed by atoms with Crippen molar-refractivity contribution in [1.82, 2.24) is 9.97 Å². The van der Waals surface area contributed by atoms with E-state index in [4.69, 9.17) is 0 Å². The summed E-state index contributed by atoms with van der Waals surface area (Å²) in [4.78, 5) is 8.64. The van der Waals surface area contributed by atoms with Crippen molar-refractivity contribution in [3.8, 4) is 0 Å². The fraction of sp³-hybridized carbons (Fsp3) is 0.692. The molecule has 2 N–H and O–H groups in total. The highest BCUT2D eigenvalue weighted by atomic mass is 32.2. The van der Waals surface area contributed by atoms with Gasteiger partial charge in [-0.15, -0.1) is 0 Å². The summed E-state index contributed by atoms with van der Waals surface area (Å²) < 4.78 is 0. The lowest BCUT2D eigenvalue weighted by molar-refractivity contribution is 0.751. The van der Waals surface area contributed by atoms with Crippen molar-refractivity contribution in [3.05, 3.63) is 12.3 Å². The summed E-state index contributed by atoms with van der Waals surface area (Å²) in [7, 11) is 0. The zero-order chi connectivity index (χ0) is 12.8. The molecule has 2 rings (SSSR count). The number of hydrogen-bond acceptors (Lipinski definition) is 5. The molecule has 0 amide bonds. The second-order valence-electron chi connectivity index (χ2n) is 4.53. The second kappa shape index (κ2) is 6.83. The third-order valence-corrected chi connectivity index (χ3v) is 4.36. The van der Waals surface area contributed by atoms with E-state index in [2.05, 4.69) is 39.3 Å². The van der Waals surface area contributed by atoms with Gasteiger partial charge in [0.1, 0.15) is 5.82 Å². The first kappa shape index (κ1) is 13.5. The smallest absolute Gasteiger partial charge is 0.224 e. The molecular formula is C13H22N4S. The molecule has 0 radical (unpaired) electrons. The van der Waals surface area contributed by atoms with Crippen molar-refractivity contribution in [2.24, 2.45) is 0 Å². The third kappa shape index (κ3) is 3.77. The molecule has 1 aromatic rings. The van der Waals surface area contributed by atoms with Gasteiger partial charge >= 0.3 is 0 Å². The van der Waals surface area contributed by atoms with Crippen LogP contribution in [0.5, 0.6) is 0 Å². The van der Waals surface area contributed by atoms with Crippen molar-refractivity contribution in [2.75, 3.05) is 22.9 Å². The van der Waals surface area contributed by atoms with Gasteiger partial charge in [-0.1, -0.05) is 6.92 Å². The van der Waals surface area contributed by atoms with Crippen molar-refractivity contribution in [3.63, 3.8) is 0 Å². The molecule has 100 valence electrons. The molecule has 1 fully saturated rings. The number of hydrogen-bond donors (Lipinski definition) is 2. The largest absolute Gasteiger partial charge is 0.367 e. The van der Waals surface area contributed by atoms with Crippen molar-refractivity contribution < 1.29 is 0 Å². The molecule has 1 aromatic heterocycles. The molecule has 5 heteroatoms. The topological polar surface area (TPSA) is 49.8 Å². The van der Waals surface area contributed by atoms with E-state index >= 15 is 0 Å². The van der Waals surface area contributed by atoms with Crippen LogP contribution < -0.4 is 10.6 Å². The molecule has 2 atom stereocenters. The van der Waals surface area contributed by atoms with Crippen LogP contribution in [0.4, 0.5) is 11.8 Å². The molecule has 1 aliphatic rings. The zero-order valence-electron chi connectivity index (χ0n) is 11.1. The Hall–Kier alpha value is -0.970. The first-order valence-corrected chi connectivity index (χ1v) is 7.81. The minimum absolute atomic E-state index is 0.568. The highest BCUT2D eigenvalue weighted by Crippen LogP contribution is 2.31. The first-order valence-electron chi connectivity index (χ1n) is 6.76. The Bertz CT molecular complexity index is 372. The Morgan fingerprint density at radius 2 is 2.28 bits per heavy atom. The van der Waals surface area contributed by atoms with Crippen LogP contribution in [0.2, 0.25) is 0 Å². The molecule has 0 bridgehead atoms. The number of nitrogens with zero attached hydrogens (tertiary/aromatic N) is 2. The Kier molecular flexibility index (Phi) is 5.11. The summed E-state index contributed by atoms with van der Waals surface area (Å²) in [5, 5.41) is 7.48. The molecule has 1 saturated carbocycles. The fourth-order valence-corrected chi connectivity index (χ4v) is 3.49. The monoisotopic (exact) mass is 266 g/mol. The number of aromatic nitrogens is 2. The van der Waals surface area contributed by atoms with Crippen LogP contribution in [-0.2, 0) is 0 Å². The molecule has 2 unspecified atom stereocenters. The minimum Gasteiger partial charge on any atom is -0.367 e. The van der Waals surface area contributed by atoms with Crippen LogP contribution >= 0.6 is 11.8 Å². The fourth-order valence-electron chi connectivity index (χ4n) is 2.35. The molecule has 4 nitrogen and oxygen atoms in total. The zero-order valence-corrected chi connectivity index (χ0v) is 12.0. The summed E-state index contributed by atoms with van der Waals surface area (Å²) in [6, 6.07) is 2.51. The molecule has 1 aliphatic carbocycles. The van der Waals surface area contributed by atoms with E-state index in [-0.39, 0.29) is 0 Å². The molecular weight excluding hydrogens is 244 g/mol. The lowest BCUT2D eigenvalue weighted by Crippen LogP contribution is -2.17. The molecule has 0 aromatic carbocycles. The van der Waals surface area contributed by atoms with Crippen LogP contribution in [0.25, 0.3) is 0 Å². The van der Waals surface area contributed by atoms with Crippen LogP contribution in [0.1, 0.15) is 33.1 Å². The van der Waals surface area contributed by atoms with E-state index in [0.29, 0.717) is 12.0 Å². The quantitative estimate of drug-likeness (QED) is 0.829. The summed E-state index contributed by atoms with van der Waals surface area (Å²) in [6.45, 7) is 5.13. The van der Waals surface area contributed by atoms with E-state index in [1.165, 1.54) is 25.0 Å². The Morgan fingerprint density at radius 1 is 1.39 bits per heavy atom. The third-order valence-electron chi connectivity index (χ3n) is 3.13. The Labute approximate surface area is 113 Å². The summed E-state index contributed by atoms with van der Waals surface area (Å²) >= 11 is 2.08. The van der Waals surface area contributed by atoms with E-state index in [0.717, 1.165) is 17.6 Å². The summed E-state index contributed by atoms with van der Waals surface area (Å²) in [6.07, 6.45) is 5.62. The van der Waals surface area contributed by atoms with E-state index in [1.807, 2.05) is 13.0 Å². The van der Waals surface area contributed by atoms with Crippen LogP contribution in [0.3, 0.4) is 0 Å². The lowest BCUT2D eigenvalue weighted by Gasteiger charge is -2.14. The first-order chi connectivity index (χ1) is 8.81. The standard InChI is InChI=1S/C13H22N4S/c1-3-14-13-15-8-7-12(17-13)16-10-5-6-11(9-10)18-4-2/h7-8,10-11H,3-6,9H2,1-2H3,(H2,14,15,16,17). The van der Waals surface area contributed by atoms with Gasteiger partial charge in [0.2, 0.25) is 5.95 Å². The highest BCUT2D eigenvalue weighted by molar-refractivity contribution is 7.99. The van der Waals surface area contributed by atoms with Gasteiger partial charge in [-0.05, 0) is 38.0 Å². The Morgan fingerprint density at radius 3 is 3.06 bits per heavy atom. The minimum atomic E-state index is 0.568. The molecule has 1 heterocycles. The predicted octanol–water partition coefficient (Wildman–Crippen LogP) is 2.99. The number of anilines is 2. The average molecular weight is 266 g/mol. The van der Waals surface area contributed by atoms with Gasteiger partial charge in [0.25, 0.3) is 0 Å². The van der Waals surface area contributed by atoms with E-state index in [9.17, 15) is 0 Å². The van der Waals surface area contributed by atoms with Gasteiger partial charge < -0.3 is 10.6 Å². The second-order valence-corrected chi connectivity index (χ2v) is 6.10. The SMILES string of the molecule is CCNc1nccc(NC2CCC(SCC)C2)n1. The maximum atomic E-state index is 4.46. The molecule has 0 aliphatic heterocycles. The lowest BCUT2D eigenvalue weighted by atomic mass is 10.2. The van der Waals surface area contributed by atoms with Crippen LogP contribution in [-0.4, -0.2) is 33.6 Å². The van der Waals surface area contributed by atoms with Gasteiger partial charge in [-0.25, -0.2) is 4.98 Å². The van der Waals surface area contributed by atoms with E-state index < -0.39 is 0 Å². The highest BCUT2D eigenvalue weighted by Gasteiger charge is 2.24. The van der Waals surface area contributed by atoms with Crippen molar-refractivity contribution in [1.29, 1.82) is 0 Å². The molecule has 18 heavy (non-hydrogen) atoms. The molecule has 0 saturated heterocycles. The van der Waals surface area contributed by atoms with Crippen LogP contribution in [0.15, 0.2) is 12.3 Å².